The van der Waals surface area contributed by atoms with Gasteiger partial charge in [-0.2, -0.15) is 0 Å². The highest BCUT2D eigenvalue weighted by atomic mass is 16.1. The van der Waals surface area contributed by atoms with Crippen LogP contribution in [0.15, 0.2) is 53.3 Å². The lowest BCUT2D eigenvalue weighted by Crippen LogP contribution is -3.10. The summed E-state index contributed by atoms with van der Waals surface area (Å²) in [6.45, 7) is 4.89. The number of aromatic nitrogens is 1. The average molecular weight is 305 g/mol. The number of aryl methyl sites for hydroxylation is 1. The van der Waals surface area contributed by atoms with Crippen molar-refractivity contribution in [3.8, 4) is 0 Å². The molecule has 2 N–H and O–H groups in total. The average Bonchev–Trinajstić information content (AvgIpc) is 2.58. The molecule has 23 heavy (non-hydrogen) atoms. The third-order valence-electron chi connectivity index (χ3n) is 4.95. The standard InChI is InChI=1S/C20H20N2O/c1-14-18(20(23)17-8-4-5-9-19(17)21-14)13-22-11-10-15-6-2-3-7-16(15)12-22/h2-9H,10-13H2,1H3,(H,21,23)/p+1. The van der Waals surface area contributed by atoms with E-state index in [2.05, 4.69) is 29.2 Å². The molecule has 3 heteroatoms. The molecule has 0 spiro atoms. The van der Waals surface area contributed by atoms with Crippen LogP contribution in [0.3, 0.4) is 0 Å². The quantitative estimate of drug-likeness (QED) is 0.746. The second-order valence-corrected chi connectivity index (χ2v) is 6.48. The number of hydrogen-bond acceptors (Lipinski definition) is 1. The van der Waals surface area contributed by atoms with E-state index in [1.807, 2.05) is 31.2 Å². The second kappa shape index (κ2) is 5.67. The number of para-hydroxylation sites is 1. The van der Waals surface area contributed by atoms with Crippen LogP contribution in [0.5, 0.6) is 0 Å². The van der Waals surface area contributed by atoms with E-state index in [0.29, 0.717) is 0 Å². The third-order valence-corrected chi connectivity index (χ3v) is 4.95. The molecule has 0 saturated heterocycles. The van der Waals surface area contributed by atoms with Crippen molar-refractivity contribution in [3.63, 3.8) is 0 Å². The Bertz CT molecular complexity index is 926. The minimum atomic E-state index is 0.184. The molecule has 0 aliphatic carbocycles. The van der Waals surface area contributed by atoms with Crippen LogP contribution in [0.2, 0.25) is 0 Å². The van der Waals surface area contributed by atoms with Gasteiger partial charge in [0.1, 0.15) is 13.1 Å². The summed E-state index contributed by atoms with van der Waals surface area (Å²) in [6, 6.07) is 16.4. The van der Waals surface area contributed by atoms with Crippen molar-refractivity contribution in [2.24, 2.45) is 0 Å². The van der Waals surface area contributed by atoms with Gasteiger partial charge in [-0.15, -0.1) is 0 Å². The fraction of sp³-hybridized carbons (Fsp3) is 0.250. The van der Waals surface area contributed by atoms with Gasteiger partial charge in [-0.25, -0.2) is 0 Å². The summed E-state index contributed by atoms with van der Waals surface area (Å²) in [6.07, 6.45) is 1.09. The first-order valence-corrected chi connectivity index (χ1v) is 8.23. The van der Waals surface area contributed by atoms with Gasteiger partial charge in [0.25, 0.3) is 0 Å². The molecule has 0 saturated carbocycles. The van der Waals surface area contributed by atoms with Gasteiger partial charge in [0, 0.05) is 28.6 Å². The van der Waals surface area contributed by atoms with E-state index in [0.717, 1.165) is 48.2 Å². The van der Waals surface area contributed by atoms with E-state index in [9.17, 15) is 4.79 Å². The minimum absolute atomic E-state index is 0.184. The Balaban J connectivity index is 1.68. The van der Waals surface area contributed by atoms with Gasteiger partial charge in [-0.3, -0.25) is 4.79 Å². The molecular weight excluding hydrogens is 284 g/mol. The highest BCUT2D eigenvalue weighted by Gasteiger charge is 2.21. The molecule has 4 rings (SSSR count). The summed E-state index contributed by atoms with van der Waals surface area (Å²) < 4.78 is 0. The van der Waals surface area contributed by atoms with Crippen molar-refractivity contribution < 1.29 is 4.90 Å². The first kappa shape index (κ1) is 14.2. The van der Waals surface area contributed by atoms with Crippen molar-refractivity contribution >= 4 is 10.9 Å². The molecule has 1 aliphatic heterocycles. The summed E-state index contributed by atoms with van der Waals surface area (Å²) in [5.74, 6) is 0. The molecule has 0 amide bonds. The van der Waals surface area contributed by atoms with Gasteiger partial charge in [0.05, 0.1) is 12.1 Å². The predicted octanol–water partition coefficient (Wildman–Crippen LogP) is 1.98. The van der Waals surface area contributed by atoms with Crippen LogP contribution in [0, 0.1) is 6.92 Å². The molecule has 1 atom stereocenters. The lowest BCUT2D eigenvalue weighted by molar-refractivity contribution is -0.929. The van der Waals surface area contributed by atoms with Crippen molar-refractivity contribution in [2.45, 2.75) is 26.4 Å². The Hall–Kier alpha value is -2.39. The van der Waals surface area contributed by atoms with Gasteiger partial charge in [-0.1, -0.05) is 36.4 Å². The lowest BCUT2D eigenvalue weighted by Gasteiger charge is -2.26. The van der Waals surface area contributed by atoms with E-state index in [-0.39, 0.29) is 5.43 Å². The Morgan fingerprint density at radius 1 is 1.04 bits per heavy atom. The van der Waals surface area contributed by atoms with Crippen LogP contribution < -0.4 is 10.3 Å². The molecule has 2 heterocycles. The summed E-state index contributed by atoms with van der Waals surface area (Å²) in [4.78, 5) is 17.7. The van der Waals surface area contributed by atoms with Gasteiger partial charge in [0.15, 0.2) is 5.43 Å². The molecule has 1 unspecified atom stereocenters. The number of quaternary nitrogens is 1. The zero-order valence-corrected chi connectivity index (χ0v) is 13.4. The van der Waals surface area contributed by atoms with Crippen molar-refractivity contribution in [2.75, 3.05) is 6.54 Å². The molecular formula is C20H21N2O+. The smallest absolute Gasteiger partial charge is 0.198 e. The Morgan fingerprint density at radius 3 is 2.65 bits per heavy atom. The SMILES string of the molecule is Cc1[nH]c2ccccc2c(=O)c1C[NH+]1CCc2ccccc2C1. The van der Waals surface area contributed by atoms with E-state index >= 15 is 0 Å². The number of pyridine rings is 1. The van der Waals surface area contributed by atoms with Crippen LogP contribution in [0.1, 0.15) is 22.4 Å². The van der Waals surface area contributed by atoms with Gasteiger partial charge >= 0.3 is 0 Å². The summed E-state index contributed by atoms with van der Waals surface area (Å²) in [5, 5.41) is 0.796. The monoisotopic (exact) mass is 305 g/mol. The normalized spacial score (nSPS) is 17.2. The van der Waals surface area contributed by atoms with Crippen molar-refractivity contribution in [1.29, 1.82) is 0 Å². The number of rotatable bonds is 2. The number of aromatic amines is 1. The number of benzene rings is 2. The van der Waals surface area contributed by atoms with E-state index < -0.39 is 0 Å². The second-order valence-electron chi connectivity index (χ2n) is 6.48. The maximum absolute atomic E-state index is 12.8. The largest absolute Gasteiger partial charge is 0.358 e. The van der Waals surface area contributed by atoms with Crippen LogP contribution in [-0.4, -0.2) is 11.5 Å². The van der Waals surface area contributed by atoms with Crippen LogP contribution in [0.25, 0.3) is 10.9 Å². The molecule has 2 aromatic carbocycles. The van der Waals surface area contributed by atoms with Crippen LogP contribution >= 0.6 is 0 Å². The molecule has 116 valence electrons. The van der Waals surface area contributed by atoms with Crippen LogP contribution in [0.4, 0.5) is 0 Å². The summed E-state index contributed by atoms with van der Waals surface area (Å²) in [7, 11) is 0. The first-order chi connectivity index (χ1) is 11.2. The van der Waals surface area contributed by atoms with E-state index in [4.69, 9.17) is 0 Å². The molecule has 1 aromatic heterocycles. The Kier molecular flexibility index (Phi) is 3.50. The van der Waals surface area contributed by atoms with Crippen molar-refractivity contribution in [1.82, 2.24) is 4.98 Å². The molecule has 3 nitrogen and oxygen atoms in total. The zero-order valence-electron chi connectivity index (χ0n) is 13.4. The number of hydrogen-bond donors (Lipinski definition) is 2. The van der Waals surface area contributed by atoms with E-state index in [1.54, 1.807) is 0 Å². The predicted molar refractivity (Wildman–Crippen MR) is 92.7 cm³/mol. The van der Waals surface area contributed by atoms with Gasteiger partial charge in [-0.05, 0) is 24.6 Å². The van der Waals surface area contributed by atoms with E-state index in [1.165, 1.54) is 16.0 Å². The molecule has 0 fully saturated rings. The Morgan fingerprint density at radius 2 is 1.78 bits per heavy atom. The summed E-state index contributed by atoms with van der Waals surface area (Å²) >= 11 is 0. The zero-order chi connectivity index (χ0) is 15.8. The highest BCUT2D eigenvalue weighted by Crippen LogP contribution is 2.12. The highest BCUT2D eigenvalue weighted by molar-refractivity contribution is 5.79. The maximum atomic E-state index is 12.8. The minimum Gasteiger partial charge on any atom is -0.358 e. The fourth-order valence-corrected chi connectivity index (χ4v) is 3.66. The van der Waals surface area contributed by atoms with Gasteiger partial charge < -0.3 is 9.88 Å². The van der Waals surface area contributed by atoms with Crippen molar-refractivity contribution in [3.05, 3.63) is 81.1 Å². The molecule has 0 radical (unpaired) electrons. The fourth-order valence-electron chi connectivity index (χ4n) is 3.66. The van der Waals surface area contributed by atoms with Crippen LogP contribution in [-0.2, 0) is 19.5 Å². The van der Waals surface area contributed by atoms with Gasteiger partial charge in [0.2, 0.25) is 0 Å². The molecule has 1 aliphatic rings. The Labute approximate surface area is 135 Å². The lowest BCUT2D eigenvalue weighted by atomic mass is 9.99. The third kappa shape index (κ3) is 2.57. The summed E-state index contributed by atoms with van der Waals surface area (Å²) in [5.41, 5.74) is 5.92. The topological polar surface area (TPSA) is 37.3 Å². The number of nitrogens with one attached hydrogen (secondary N) is 2. The number of fused-ring (bicyclic) bond motifs is 2. The molecule has 3 aromatic rings. The maximum Gasteiger partial charge on any atom is 0.198 e. The molecule has 0 bridgehead atoms. The first-order valence-electron chi connectivity index (χ1n) is 8.23. The number of H-pyrrole nitrogens is 1.